The summed E-state index contributed by atoms with van der Waals surface area (Å²) in [6, 6.07) is 0.385. The van der Waals surface area contributed by atoms with Crippen molar-refractivity contribution in [2.45, 2.75) is 46.1 Å². The number of rotatable bonds is 3. The van der Waals surface area contributed by atoms with Gasteiger partial charge in [0.15, 0.2) is 0 Å². The Morgan fingerprint density at radius 3 is 2.76 bits per heavy atom. The van der Waals surface area contributed by atoms with Gasteiger partial charge in [0.2, 0.25) is 5.91 Å². The molecule has 4 atom stereocenters. The SMILES string of the molecule is CCC1(C)CC1C(=O)NC1CCNCC1C.Cl. The minimum absolute atomic E-state index is 0. The first kappa shape index (κ1) is 14.8. The smallest absolute Gasteiger partial charge is 0.223 e. The van der Waals surface area contributed by atoms with Gasteiger partial charge in [-0.2, -0.15) is 0 Å². The molecular formula is C13H25ClN2O. The molecule has 1 aliphatic carbocycles. The van der Waals surface area contributed by atoms with E-state index in [1.807, 2.05) is 0 Å². The Labute approximate surface area is 111 Å². The Kier molecular flexibility index (Phi) is 4.85. The lowest BCUT2D eigenvalue weighted by molar-refractivity contribution is -0.124. The van der Waals surface area contributed by atoms with Crippen LogP contribution in [0.4, 0.5) is 0 Å². The van der Waals surface area contributed by atoms with Gasteiger partial charge in [0.05, 0.1) is 0 Å². The van der Waals surface area contributed by atoms with E-state index in [-0.39, 0.29) is 18.3 Å². The summed E-state index contributed by atoms with van der Waals surface area (Å²) in [7, 11) is 0. The molecule has 4 heteroatoms. The summed E-state index contributed by atoms with van der Waals surface area (Å²) < 4.78 is 0. The molecule has 0 radical (unpaired) electrons. The normalized spacial score (nSPS) is 40.3. The summed E-state index contributed by atoms with van der Waals surface area (Å²) in [5.41, 5.74) is 0.292. The minimum Gasteiger partial charge on any atom is -0.353 e. The molecule has 0 aromatic heterocycles. The number of piperidine rings is 1. The predicted molar refractivity (Wildman–Crippen MR) is 72.3 cm³/mol. The predicted octanol–water partition coefficient (Wildman–Crippen LogP) is 1.96. The van der Waals surface area contributed by atoms with E-state index in [1.165, 1.54) is 0 Å². The molecule has 100 valence electrons. The van der Waals surface area contributed by atoms with Crippen molar-refractivity contribution in [1.82, 2.24) is 10.6 Å². The first-order valence-electron chi connectivity index (χ1n) is 6.58. The van der Waals surface area contributed by atoms with Gasteiger partial charge in [-0.3, -0.25) is 4.79 Å². The Bertz CT molecular complexity index is 285. The highest BCUT2D eigenvalue weighted by Gasteiger charge is 2.53. The molecule has 2 N–H and O–H groups in total. The Balaban J connectivity index is 0.00000144. The number of hydrogen-bond donors (Lipinski definition) is 2. The van der Waals surface area contributed by atoms with Crippen molar-refractivity contribution in [1.29, 1.82) is 0 Å². The van der Waals surface area contributed by atoms with E-state index in [4.69, 9.17) is 0 Å². The van der Waals surface area contributed by atoms with Crippen LogP contribution in [0.5, 0.6) is 0 Å². The molecule has 2 aliphatic rings. The average molecular weight is 261 g/mol. The fourth-order valence-electron chi connectivity index (χ4n) is 2.72. The third kappa shape index (κ3) is 3.14. The van der Waals surface area contributed by atoms with Crippen LogP contribution in [0.15, 0.2) is 0 Å². The van der Waals surface area contributed by atoms with Gasteiger partial charge < -0.3 is 10.6 Å². The van der Waals surface area contributed by atoms with Crippen LogP contribution in [-0.4, -0.2) is 25.0 Å². The van der Waals surface area contributed by atoms with Gasteiger partial charge >= 0.3 is 0 Å². The highest BCUT2D eigenvalue weighted by molar-refractivity contribution is 5.85. The molecule has 3 nitrogen and oxygen atoms in total. The molecule has 1 heterocycles. The Hall–Kier alpha value is -0.280. The summed E-state index contributed by atoms with van der Waals surface area (Å²) in [4.78, 5) is 12.1. The average Bonchev–Trinajstić information content (AvgIpc) is 2.95. The molecule has 17 heavy (non-hydrogen) atoms. The van der Waals surface area contributed by atoms with Crippen molar-refractivity contribution in [2.75, 3.05) is 13.1 Å². The van der Waals surface area contributed by atoms with Crippen molar-refractivity contribution in [2.24, 2.45) is 17.3 Å². The second-order valence-electron chi connectivity index (χ2n) is 5.85. The molecule has 4 unspecified atom stereocenters. The van der Waals surface area contributed by atoms with E-state index in [1.54, 1.807) is 0 Å². The number of carbonyl (C=O) groups is 1. The topological polar surface area (TPSA) is 41.1 Å². The monoisotopic (exact) mass is 260 g/mol. The quantitative estimate of drug-likeness (QED) is 0.815. The number of nitrogens with one attached hydrogen (secondary N) is 2. The summed E-state index contributed by atoms with van der Waals surface area (Å²) in [5.74, 6) is 1.13. The van der Waals surface area contributed by atoms with Crippen LogP contribution in [0.25, 0.3) is 0 Å². The van der Waals surface area contributed by atoms with Gasteiger partial charge in [-0.15, -0.1) is 12.4 Å². The van der Waals surface area contributed by atoms with E-state index in [0.29, 0.717) is 23.3 Å². The van der Waals surface area contributed by atoms with Crippen LogP contribution in [0, 0.1) is 17.3 Å². The molecule has 0 aromatic rings. The summed E-state index contributed by atoms with van der Waals surface area (Å²) >= 11 is 0. The third-order valence-corrected chi connectivity index (χ3v) is 4.59. The van der Waals surface area contributed by atoms with Crippen LogP contribution < -0.4 is 10.6 Å². The molecule has 1 aliphatic heterocycles. The van der Waals surface area contributed by atoms with E-state index >= 15 is 0 Å². The van der Waals surface area contributed by atoms with Gasteiger partial charge in [-0.1, -0.05) is 20.8 Å². The third-order valence-electron chi connectivity index (χ3n) is 4.59. The first-order chi connectivity index (χ1) is 7.57. The largest absolute Gasteiger partial charge is 0.353 e. The lowest BCUT2D eigenvalue weighted by atomic mass is 9.94. The maximum Gasteiger partial charge on any atom is 0.223 e. The van der Waals surface area contributed by atoms with Crippen molar-refractivity contribution in [3.05, 3.63) is 0 Å². The Morgan fingerprint density at radius 1 is 1.53 bits per heavy atom. The highest BCUT2D eigenvalue weighted by atomic mass is 35.5. The molecule has 1 amide bonds. The zero-order valence-electron chi connectivity index (χ0n) is 11.1. The maximum absolute atomic E-state index is 12.1. The summed E-state index contributed by atoms with van der Waals surface area (Å²) in [5, 5.41) is 6.60. The van der Waals surface area contributed by atoms with Crippen LogP contribution >= 0.6 is 12.4 Å². The molecule has 1 saturated carbocycles. The number of halogens is 1. The molecule has 2 rings (SSSR count). The molecular weight excluding hydrogens is 236 g/mol. The zero-order valence-corrected chi connectivity index (χ0v) is 11.9. The van der Waals surface area contributed by atoms with Gasteiger partial charge in [0, 0.05) is 12.0 Å². The van der Waals surface area contributed by atoms with Crippen molar-refractivity contribution < 1.29 is 4.79 Å². The summed E-state index contributed by atoms with van der Waals surface area (Å²) in [6.45, 7) is 8.68. The summed E-state index contributed by atoms with van der Waals surface area (Å²) in [6.07, 6.45) is 3.27. The van der Waals surface area contributed by atoms with E-state index < -0.39 is 0 Å². The van der Waals surface area contributed by atoms with Gasteiger partial charge in [-0.25, -0.2) is 0 Å². The lowest BCUT2D eigenvalue weighted by Crippen LogP contribution is -2.49. The number of amides is 1. The lowest BCUT2D eigenvalue weighted by Gasteiger charge is -2.30. The van der Waals surface area contributed by atoms with E-state index in [0.717, 1.165) is 32.4 Å². The van der Waals surface area contributed by atoms with Crippen LogP contribution in [0.2, 0.25) is 0 Å². The van der Waals surface area contributed by atoms with Crippen molar-refractivity contribution in [3.8, 4) is 0 Å². The van der Waals surface area contributed by atoms with E-state index in [9.17, 15) is 4.79 Å². The molecule has 0 aromatic carbocycles. The first-order valence-corrected chi connectivity index (χ1v) is 6.58. The second-order valence-corrected chi connectivity index (χ2v) is 5.85. The highest BCUT2D eigenvalue weighted by Crippen LogP contribution is 2.54. The Morgan fingerprint density at radius 2 is 2.24 bits per heavy atom. The molecule has 0 spiro atoms. The van der Waals surface area contributed by atoms with Crippen molar-refractivity contribution >= 4 is 18.3 Å². The van der Waals surface area contributed by atoms with E-state index in [2.05, 4.69) is 31.4 Å². The number of hydrogen-bond acceptors (Lipinski definition) is 2. The van der Waals surface area contributed by atoms with Crippen LogP contribution in [-0.2, 0) is 4.79 Å². The molecule has 1 saturated heterocycles. The van der Waals surface area contributed by atoms with Gasteiger partial charge in [0.1, 0.15) is 0 Å². The van der Waals surface area contributed by atoms with Crippen molar-refractivity contribution in [3.63, 3.8) is 0 Å². The fourth-order valence-corrected chi connectivity index (χ4v) is 2.72. The second kappa shape index (κ2) is 5.57. The number of carbonyl (C=O) groups excluding carboxylic acids is 1. The van der Waals surface area contributed by atoms with Crippen LogP contribution in [0.1, 0.15) is 40.0 Å². The fraction of sp³-hybridized carbons (Fsp3) is 0.923. The van der Waals surface area contributed by atoms with Gasteiger partial charge in [-0.05, 0) is 43.7 Å². The van der Waals surface area contributed by atoms with Crippen LogP contribution in [0.3, 0.4) is 0 Å². The molecule has 0 bridgehead atoms. The standard InChI is InChI=1S/C13H24N2O.ClH/c1-4-13(3)7-10(13)12(16)15-11-5-6-14-8-9(11)2;/h9-11,14H,4-8H2,1-3H3,(H,15,16);1H. The zero-order chi connectivity index (χ0) is 11.8. The molecule has 2 fully saturated rings. The minimum atomic E-state index is 0. The van der Waals surface area contributed by atoms with Gasteiger partial charge in [0.25, 0.3) is 0 Å². The maximum atomic E-state index is 12.1.